The molecule has 0 saturated carbocycles. The molecule has 5 nitrogen and oxygen atoms in total. The molecule has 1 heterocycles. The van der Waals surface area contributed by atoms with Crippen molar-refractivity contribution in [3.05, 3.63) is 42.0 Å². The highest BCUT2D eigenvalue weighted by Crippen LogP contribution is 2.30. The molecule has 2 aromatic carbocycles. The maximum atomic E-state index is 11.7. The van der Waals surface area contributed by atoms with Crippen LogP contribution >= 0.6 is 0 Å². The summed E-state index contributed by atoms with van der Waals surface area (Å²) in [5.74, 6) is -0.602. The third kappa shape index (κ3) is 3.55. The Morgan fingerprint density at radius 1 is 1.22 bits per heavy atom. The number of hydrogen-bond donors (Lipinski definition) is 1. The summed E-state index contributed by atoms with van der Waals surface area (Å²) in [6, 6.07) is 10.7. The van der Waals surface area contributed by atoms with Crippen LogP contribution in [0.1, 0.15) is 25.8 Å². The number of rotatable bonds is 4. The molecule has 2 aromatic rings. The van der Waals surface area contributed by atoms with Crippen LogP contribution in [0, 0.1) is 0 Å². The van der Waals surface area contributed by atoms with E-state index < -0.39 is 15.9 Å². The Balaban J connectivity index is 1.95. The highest BCUT2D eigenvalue weighted by atomic mass is 32.2. The number of hydrogen-bond acceptors (Lipinski definition) is 4. The molecule has 0 aromatic heterocycles. The van der Waals surface area contributed by atoms with Crippen molar-refractivity contribution in [2.24, 2.45) is 0 Å². The molecule has 23 heavy (non-hydrogen) atoms. The number of aryl methyl sites for hydroxylation is 1. The molecule has 1 aliphatic heterocycles. The molecule has 6 heteroatoms. The molecule has 1 atom stereocenters. The van der Waals surface area contributed by atoms with Crippen molar-refractivity contribution in [2.75, 3.05) is 6.61 Å². The minimum absolute atomic E-state index is 0.0330. The first-order valence-corrected chi connectivity index (χ1v) is 9.00. The van der Waals surface area contributed by atoms with E-state index in [4.69, 9.17) is 9.47 Å². The Bertz CT molecular complexity index is 826. The number of ether oxygens (including phenoxy) is 2. The van der Waals surface area contributed by atoms with Crippen LogP contribution in [0.5, 0.6) is 0 Å². The molecule has 0 bridgehead atoms. The van der Waals surface area contributed by atoms with E-state index in [1.54, 1.807) is 6.07 Å². The molecular formula is C17H20O5S. The lowest BCUT2D eigenvalue weighted by atomic mass is 9.99. The first kappa shape index (κ1) is 16.4. The van der Waals surface area contributed by atoms with Gasteiger partial charge in [0.1, 0.15) is 0 Å². The quantitative estimate of drug-likeness (QED) is 0.868. The Kier molecular flexibility index (Phi) is 4.18. The Morgan fingerprint density at radius 2 is 1.96 bits per heavy atom. The van der Waals surface area contributed by atoms with Gasteiger partial charge in [0.05, 0.1) is 17.6 Å². The predicted molar refractivity (Wildman–Crippen MR) is 87.0 cm³/mol. The molecule has 1 aliphatic rings. The predicted octanol–water partition coefficient (Wildman–Crippen LogP) is 3.17. The summed E-state index contributed by atoms with van der Waals surface area (Å²) in [6.07, 6.45) is 1.03. The molecule has 0 spiro atoms. The fraction of sp³-hybridized carbons (Fsp3) is 0.412. The van der Waals surface area contributed by atoms with Crippen LogP contribution in [0.25, 0.3) is 10.8 Å². The lowest BCUT2D eigenvalue weighted by Gasteiger charge is -2.17. The minimum atomic E-state index is -4.27. The fourth-order valence-electron chi connectivity index (χ4n) is 3.03. The van der Waals surface area contributed by atoms with Crippen LogP contribution in [0.15, 0.2) is 41.3 Å². The summed E-state index contributed by atoms with van der Waals surface area (Å²) < 4.78 is 44.2. The van der Waals surface area contributed by atoms with E-state index in [0.717, 1.165) is 10.8 Å². The second-order valence-corrected chi connectivity index (χ2v) is 7.62. The van der Waals surface area contributed by atoms with E-state index in [0.29, 0.717) is 25.0 Å². The maximum Gasteiger partial charge on any atom is 0.294 e. The van der Waals surface area contributed by atoms with Crippen molar-refractivity contribution < 1.29 is 22.4 Å². The Hall–Kier alpha value is -1.47. The van der Waals surface area contributed by atoms with E-state index in [-0.39, 0.29) is 11.0 Å². The average molecular weight is 336 g/mol. The number of benzene rings is 2. The van der Waals surface area contributed by atoms with Gasteiger partial charge >= 0.3 is 0 Å². The standard InChI is InChI=1S/C17H20O5S/c1-17(2)21-11-13(22-17)8-9-15-14-6-4-3-5-12(14)7-10-16(15)23(18,19)20/h3-7,10,13H,8-9,11H2,1-2H3,(H,18,19,20). The van der Waals surface area contributed by atoms with E-state index in [1.807, 2.05) is 38.1 Å². The van der Waals surface area contributed by atoms with Crippen molar-refractivity contribution in [3.8, 4) is 0 Å². The first-order valence-electron chi connectivity index (χ1n) is 7.56. The van der Waals surface area contributed by atoms with Gasteiger partial charge in [0.2, 0.25) is 0 Å². The van der Waals surface area contributed by atoms with Crippen molar-refractivity contribution in [1.29, 1.82) is 0 Å². The highest BCUT2D eigenvalue weighted by Gasteiger charge is 2.32. The van der Waals surface area contributed by atoms with E-state index in [9.17, 15) is 13.0 Å². The third-order valence-corrected chi connectivity index (χ3v) is 5.00. The highest BCUT2D eigenvalue weighted by molar-refractivity contribution is 7.85. The lowest BCUT2D eigenvalue weighted by molar-refractivity contribution is -0.138. The van der Waals surface area contributed by atoms with Gasteiger partial charge in [0.25, 0.3) is 10.1 Å². The van der Waals surface area contributed by atoms with Gasteiger partial charge in [-0.2, -0.15) is 8.42 Å². The second kappa shape index (κ2) is 5.87. The molecular weight excluding hydrogens is 316 g/mol. The molecule has 1 saturated heterocycles. The van der Waals surface area contributed by atoms with Gasteiger partial charge in [-0.3, -0.25) is 4.55 Å². The summed E-state index contributed by atoms with van der Waals surface area (Å²) >= 11 is 0. The van der Waals surface area contributed by atoms with Crippen molar-refractivity contribution in [3.63, 3.8) is 0 Å². The monoisotopic (exact) mass is 336 g/mol. The van der Waals surface area contributed by atoms with Crippen LogP contribution in [-0.2, 0) is 26.0 Å². The normalized spacial score (nSPS) is 20.9. The summed E-state index contributed by atoms with van der Waals surface area (Å²) in [5.41, 5.74) is 0.624. The van der Waals surface area contributed by atoms with Crippen molar-refractivity contribution in [1.82, 2.24) is 0 Å². The molecule has 1 unspecified atom stereocenters. The average Bonchev–Trinajstić information content (AvgIpc) is 2.83. The second-order valence-electron chi connectivity index (χ2n) is 6.23. The zero-order valence-corrected chi connectivity index (χ0v) is 14.0. The number of fused-ring (bicyclic) bond motifs is 1. The molecule has 0 radical (unpaired) electrons. The van der Waals surface area contributed by atoms with Gasteiger partial charge in [-0.15, -0.1) is 0 Å². The van der Waals surface area contributed by atoms with Crippen LogP contribution in [0.2, 0.25) is 0 Å². The maximum absolute atomic E-state index is 11.7. The lowest BCUT2D eigenvalue weighted by Crippen LogP contribution is -2.21. The summed E-state index contributed by atoms with van der Waals surface area (Å²) in [6.45, 7) is 4.20. The molecule has 0 aliphatic carbocycles. The van der Waals surface area contributed by atoms with Crippen LogP contribution < -0.4 is 0 Å². The SMILES string of the molecule is CC1(C)OCC(CCc2c(S(=O)(=O)O)ccc3ccccc23)O1. The molecule has 124 valence electrons. The van der Waals surface area contributed by atoms with Crippen LogP contribution in [0.4, 0.5) is 0 Å². The van der Waals surface area contributed by atoms with Gasteiger partial charge in [0.15, 0.2) is 5.79 Å². The van der Waals surface area contributed by atoms with Gasteiger partial charge < -0.3 is 9.47 Å². The van der Waals surface area contributed by atoms with Gasteiger partial charge in [-0.1, -0.05) is 30.3 Å². The topological polar surface area (TPSA) is 72.8 Å². The largest absolute Gasteiger partial charge is 0.348 e. The molecule has 0 amide bonds. The van der Waals surface area contributed by atoms with Gasteiger partial charge in [-0.25, -0.2) is 0 Å². The summed E-state index contributed by atoms with van der Waals surface area (Å²) in [5, 5.41) is 1.78. The van der Waals surface area contributed by atoms with Crippen molar-refractivity contribution in [2.45, 2.75) is 43.5 Å². The van der Waals surface area contributed by atoms with Crippen LogP contribution in [-0.4, -0.2) is 31.5 Å². The van der Waals surface area contributed by atoms with E-state index in [1.165, 1.54) is 6.07 Å². The Labute approximate surface area is 136 Å². The first-order chi connectivity index (χ1) is 10.8. The van der Waals surface area contributed by atoms with Gasteiger partial charge in [0, 0.05) is 0 Å². The summed E-state index contributed by atoms with van der Waals surface area (Å²) in [7, 11) is -4.27. The zero-order chi connectivity index (χ0) is 16.7. The zero-order valence-electron chi connectivity index (χ0n) is 13.2. The molecule has 3 rings (SSSR count). The van der Waals surface area contributed by atoms with Gasteiger partial charge in [-0.05, 0) is 49.1 Å². The summed E-state index contributed by atoms with van der Waals surface area (Å²) in [4.78, 5) is -0.0330. The third-order valence-electron chi connectivity index (χ3n) is 4.06. The van der Waals surface area contributed by atoms with E-state index in [2.05, 4.69) is 0 Å². The molecule has 1 fully saturated rings. The molecule has 1 N–H and O–H groups in total. The van der Waals surface area contributed by atoms with E-state index >= 15 is 0 Å². The minimum Gasteiger partial charge on any atom is -0.348 e. The fourth-order valence-corrected chi connectivity index (χ4v) is 3.79. The smallest absolute Gasteiger partial charge is 0.294 e. The Morgan fingerprint density at radius 3 is 2.61 bits per heavy atom. The van der Waals surface area contributed by atoms with Crippen LogP contribution in [0.3, 0.4) is 0 Å². The van der Waals surface area contributed by atoms with Crippen molar-refractivity contribution >= 4 is 20.9 Å².